The van der Waals surface area contributed by atoms with Crippen LogP contribution in [0, 0.1) is 20.8 Å². The Kier molecular flexibility index (Phi) is 4.50. The van der Waals surface area contributed by atoms with Crippen molar-refractivity contribution in [3.63, 3.8) is 0 Å². The van der Waals surface area contributed by atoms with E-state index in [9.17, 15) is 0 Å². The molecule has 0 unspecified atom stereocenters. The molecule has 0 bridgehead atoms. The van der Waals surface area contributed by atoms with E-state index in [1.807, 2.05) is 0 Å². The molecule has 0 saturated carbocycles. The van der Waals surface area contributed by atoms with Crippen molar-refractivity contribution in [3.05, 3.63) is 28.7 Å². The molecule has 0 aliphatic carbocycles. The molecule has 0 aromatic carbocycles. The van der Waals surface area contributed by atoms with Crippen LogP contribution in [0.2, 0.25) is 0 Å². The number of aromatic nitrogens is 4. The molecule has 0 amide bonds. The number of nitrogens with zero attached hydrogens (tertiary/aromatic N) is 5. The molecular formula is C16H25N5O2. The summed E-state index contributed by atoms with van der Waals surface area (Å²) < 4.78 is 13.6. The minimum atomic E-state index is -0.165. The van der Waals surface area contributed by atoms with E-state index >= 15 is 0 Å². The predicted molar refractivity (Wildman–Crippen MR) is 85.0 cm³/mol. The molecule has 2 aromatic heterocycles. The fraction of sp³-hybridized carbons (Fsp3) is 0.688. The zero-order valence-electron chi connectivity index (χ0n) is 14.5. The molecule has 1 aliphatic rings. The number of aryl methyl sites for hydroxylation is 3. The Balaban J connectivity index is 1.76. The van der Waals surface area contributed by atoms with Crippen LogP contribution in [-0.2, 0) is 17.8 Å². The van der Waals surface area contributed by atoms with Crippen molar-refractivity contribution in [1.29, 1.82) is 0 Å². The molecule has 0 N–H and O–H groups in total. The second-order valence-electron chi connectivity index (χ2n) is 6.25. The maximum atomic E-state index is 5.98. The highest BCUT2D eigenvalue weighted by molar-refractivity contribution is 5.24. The summed E-state index contributed by atoms with van der Waals surface area (Å²) >= 11 is 0. The van der Waals surface area contributed by atoms with E-state index < -0.39 is 0 Å². The first-order valence-corrected chi connectivity index (χ1v) is 8.18. The maximum absolute atomic E-state index is 5.98. The number of rotatable bonds is 4. The third-order valence-electron chi connectivity index (χ3n) is 4.37. The Morgan fingerprint density at radius 2 is 1.96 bits per heavy atom. The zero-order valence-corrected chi connectivity index (χ0v) is 14.5. The molecule has 1 saturated heterocycles. The van der Waals surface area contributed by atoms with Gasteiger partial charge in [0, 0.05) is 44.4 Å². The standard InChI is InChI=1S/C16H25N5O2/c1-6-21-12(4)14(11(3)19-21)8-20-7-10(2)22-15(9-20)16-18-17-13(5)23-16/h10,15H,6-9H2,1-5H3/t10-,15-/m1/s1. The monoisotopic (exact) mass is 319 g/mol. The lowest BCUT2D eigenvalue weighted by atomic mass is 10.1. The lowest BCUT2D eigenvalue weighted by Gasteiger charge is -2.35. The van der Waals surface area contributed by atoms with Gasteiger partial charge in [-0.2, -0.15) is 5.10 Å². The van der Waals surface area contributed by atoms with Crippen LogP contribution < -0.4 is 0 Å². The Hall–Kier alpha value is -1.73. The zero-order chi connectivity index (χ0) is 16.6. The minimum Gasteiger partial charge on any atom is -0.423 e. The molecule has 1 fully saturated rings. The lowest BCUT2D eigenvalue weighted by Crippen LogP contribution is -2.42. The van der Waals surface area contributed by atoms with Crippen LogP contribution in [0.3, 0.4) is 0 Å². The van der Waals surface area contributed by atoms with Crippen molar-refractivity contribution < 1.29 is 9.15 Å². The second kappa shape index (κ2) is 6.41. The van der Waals surface area contributed by atoms with E-state index in [1.165, 1.54) is 11.3 Å². The van der Waals surface area contributed by atoms with E-state index in [0.717, 1.165) is 31.9 Å². The first-order valence-electron chi connectivity index (χ1n) is 8.18. The molecule has 2 aromatic rings. The molecule has 7 nitrogen and oxygen atoms in total. The van der Waals surface area contributed by atoms with Crippen LogP contribution in [0.5, 0.6) is 0 Å². The first-order chi connectivity index (χ1) is 11.0. The van der Waals surface area contributed by atoms with E-state index in [-0.39, 0.29) is 12.2 Å². The lowest BCUT2D eigenvalue weighted by molar-refractivity contribution is -0.0918. The molecular weight excluding hydrogens is 294 g/mol. The van der Waals surface area contributed by atoms with Gasteiger partial charge in [-0.25, -0.2) is 0 Å². The molecule has 0 radical (unpaired) electrons. The second-order valence-corrected chi connectivity index (χ2v) is 6.25. The van der Waals surface area contributed by atoms with Crippen LogP contribution in [0.15, 0.2) is 4.42 Å². The molecule has 7 heteroatoms. The van der Waals surface area contributed by atoms with Gasteiger partial charge in [0.25, 0.3) is 0 Å². The normalized spacial score (nSPS) is 22.7. The summed E-state index contributed by atoms with van der Waals surface area (Å²) in [5, 5.41) is 12.6. The summed E-state index contributed by atoms with van der Waals surface area (Å²) in [7, 11) is 0. The van der Waals surface area contributed by atoms with Crippen molar-refractivity contribution in [1.82, 2.24) is 24.9 Å². The average Bonchev–Trinajstić information content (AvgIpc) is 3.05. The maximum Gasteiger partial charge on any atom is 0.246 e. The summed E-state index contributed by atoms with van der Waals surface area (Å²) in [5.74, 6) is 1.14. The third-order valence-corrected chi connectivity index (χ3v) is 4.37. The van der Waals surface area contributed by atoms with Crippen molar-refractivity contribution in [2.24, 2.45) is 0 Å². The summed E-state index contributed by atoms with van der Waals surface area (Å²) in [5.41, 5.74) is 3.66. The first kappa shape index (κ1) is 16.1. The van der Waals surface area contributed by atoms with Crippen molar-refractivity contribution in [2.75, 3.05) is 13.1 Å². The average molecular weight is 319 g/mol. The Morgan fingerprint density at radius 1 is 1.17 bits per heavy atom. The summed E-state index contributed by atoms with van der Waals surface area (Å²) in [6, 6.07) is 0. The van der Waals surface area contributed by atoms with Crippen LogP contribution in [0.4, 0.5) is 0 Å². The van der Waals surface area contributed by atoms with Gasteiger partial charge in [0.05, 0.1) is 11.8 Å². The number of hydrogen-bond donors (Lipinski definition) is 0. The van der Waals surface area contributed by atoms with Crippen LogP contribution in [0.1, 0.15) is 48.7 Å². The molecule has 2 atom stereocenters. The molecule has 23 heavy (non-hydrogen) atoms. The van der Waals surface area contributed by atoms with E-state index in [0.29, 0.717) is 11.8 Å². The van der Waals surface area contributed by atoms with Gasteiger partial charge in [-0.3, -0.25) is 9.58 Å². The largest absolute Gasteiger partial charge is 0.423 e. The number of morpholine rings is 1. The highest BCUT2D eigenvalue weighted by Gasteiger charge is 2.30. The Labute approximate surface area is 136 Å². The highest BCUT2D eigenvalue weighted by Crippen LogP contribution is 2.26. The van der Waals surface area contributed by atoms with E-state index in [4.69, 9.17) is 9.15 Å². The summed E-state index contributed by atoms with van der Waals surface area (Å²) in [6.07, 6.45) is -0.0374. The van der Waals surface area contributed by atoms with Gasteiger partial charge in [0.1, 0.15) is 6.10 Å². The van der Waals surface area contributed by atoms with Gasteiger partial charge in [0.15, 0.2) is 0 Å². The molecule has 3 rings (SSSR count). The SMILES string of the molecule is CCn1nc(C)c(CN2C[C@@H](C)O[C@@H](c3nnc(C)o3)C2)c1C. The van der Waals surface area contributed by atoms with E-state index in [2.05, 4.69) is 52.6 Å². The van der Waals surface area contributed by atoms with Crippen molar-refractivity contribution >= 4 is 0 Å². The highest BCUT2D eigenvalue weighted by atomic mass is 16.5. The molecule has 126 valence electrons. The molecule has 3 heterocycles. The minimum absolute atomic E-state index is 0.128. The van der Waals surface area contributed by atoms with Gasteiger partial charge in [-0.15, -0.1) is 10.2 Å². The third kappa shape index (κ3) is 3.30. The summed E-state index contributed by atoms with van der Waals surface area (Å²) in [4.78, 5) is 2.38. The number of ether oxygens (including phenoxy) is 1. The van der Waals surface area contributed by atoms with Gasteiger partial charge >= 0.3 is 0 Å². The number of hydrogen-bond acceptors (Lipinski definition) is 6. The molecule has 1 aliphatic heterocycles. The Bertz CT molecular complexity index is 678. The topological polar surface area (TPSA) is 69.2 Å². The molecule has 0 spiro atoms. The fourth-order valence-corrected chi connectivity index (χ4v) is 3.24. The Morgan fingerprint density at radius 3 is 2.57 bits per heavy atom. The van der Waals surface area contributed by atoms with Gasteiger partial charge in [-0.05, 0) is 27.7 Å². The van der Waals surface area contributed by atoms with Crippen LogP contribution >= 0.6 is 0 Å². The van der Waals surface area contributed by atoms with Crippen LogP contribution in [-0.4, -0.2) is 44.1 Å². The van der Waals surface area contributed by atoms with Crippen molar-refractivity contribution in [3.8, 4) is 0 Å². The van der Waals surface area contributed by atoms with E-state index in [1.54, 1.807) is 6.92 Å². The quantitative estimate of drug-likeness (QED) is 0.860. The van der Waals surface area contributed by atoms with Crippen molar-refractivity contribution in [2.45, 2.75) is 59.9 Å². The van der Waals surface area contributed by atoms with Crippen LogP contribution in [0.25, 0.3) is 0 Å². The predicted octanol–water partition coefficient (Wildman–Crippen LogP) is 2.17. The smallest absolute Gasteiger partial charge is 0.246 e. The fourth-order valence-electron chi connectivity index (χ4n) is 3.24. The van der Waals surface area contributed by atoms with Gasteiger partial charge in [0.2, 0.25) is 11.8 Å². The van der Waals surface area contributed by atoms with Gasteiger partial charge in [-0.1, -0.05) is 0 Å². The van der Waals surface area contributed by atoms with Gasteiger partial charge < -0.3 is 9.15 Å². The summed E-state index contributed by atoms with van der Waals surface area (Å²) in [6.45, 7) is 13.6.